The predicted molar refractivity (Wildman–Crippen MR) is 66.6 cm³/mol. The van der Waals surface area contributed by atoms with Gasteiger partial charge in [0, 0.05) is 4.53 Å². The molecule has 18 heavy (non-hydrogen) atoms. The normalized spacial score (nSPS) is 10.9. The predicted octanol–water partition coefficient (Wildman–Crippen LogP) is 2.21. The number of carbonyl (C=O) groups excluding carboxylic acids is 1. The van der Waals surface area contributed by atoms with E-state index in [0.717, 1.165) is 0 Å². The third kappa shape index (κ3) is 5.48. The molecule has 0 heterocycles. The number of hydrogen-bond acceptors (Lipinski definition) is 4. The molecule has 0 atom stereocenters. The lowest BCUT2D eigenvalue weighted by atomic mass is 10.1. The van der Waals surface area contributed by atoms with Gasteiger partial charge in [-0.2, -0.15) is 0 Å². The number of unbranched alkanes of at least 4 members (excludes halogenated alkanes) is 1. The first kappa shape index (κ1) is 16.9. The minimum Gasteiger partial charge on any atom is -0.277 e. The number of allylic oxidation sites excluding steroid dienone is 1. The van der Waals surface area contributed by atoms with Crippen LogP contribution in [0.5, 0.6) is 0 Å². The molecule has 0 aromatic carbocycles. The van der Waals surface area contributed by atoms with Crippen LogP contribution in [0.2, 0.25) is 0 Å². The van der Waals surface area contributed by atoms with Gasteiger partial charge in [-0.15, -0.1) is 0 Å². The second kappa shape index (κ2) is 8.07. The second-order valence-electron chi connectivity index (χ2n) is 3.82. The molecule has 0 radical (unpaired) electrons. The van der Waals surface area contributed by atoms with E-state index < -0.39 is 16.0 Å². The number of sulfonamides is 1. The zero-order valence-corrected chi connectivity index (χ0v) is 11.8. The highest BCUT2D eigenvalue weighted by Crippen LogP contribution is 2.14. The molecule has 0 unspecified atom stereocenters. The first-order valence-electron chi connectivity index (χ1n) is 5.97. The maximum atomic E-state index is 12.0. The van der Waals surface area contributed by atoms with Crippen molar-refractivity contribution in [2.24, 2.45) is 0 Å². The maximum Gasteiger partial charge on any atom is 0.396 e. The van der Waals surface area contributed by atoms with E-state index in [1.165, 1.54) is 0 Å². The highest BCUT2D eigenvalue weighted by Gasteiger charge is 2.21. The molecular formula is C11H20FNO4S. The monoisotopic (exact) mass is 281 g/mol. The molecule has 5 nitrogen and oxygen atoms in total. The molecule has 106 valence electrons. The van der Waals surface area contributed by atoms with Crippen LogP contribution in [-0.2, 0) is 19.8 Å². The van der Waals surface area contributed by atoms with Gasteiger partial charge < -0.3 is 0 Å². The molecule has 0 aliphatic heterocycles. The molecular weight excluding hydrogens is 261 g/mol. The number of halogens is 1. The van der Waals surface area contributed by atoms with Gasteiger partial charge in [0.1, 0.15) is 5.70 Å². The lowest BCUT2D eigenvalue weighted by Gasteiger charge is -2.12. The van der Waals surface area contributed by atoms with E-state index in [4.69, 9.17) is 0 Å². The third-order valence-corrected chi connectivity index (χ3v) is 3.85. The van der Waals surface area contributed by atoms with E-state index in [1.54, 1.807) is 13.8 Å². The van der Waals surface area contributed by atoms with Crippen LogP contribution in [0.4, 0.5) is 4.53 Å². The van der Waals surface area contributed by atoms with Crippen LogP contribution in [0.1, 0.15) is 46.5 Å². The van der Waals surface area contributed by atoms with Crippen LogP contribution in [0, 0.1) is 0 Å². The molecule has 1 N–H and O–H groups in total. The van der Waals surface area contributed by atoms with Gasteiger partial charge in [0.2, 0.25) is 10.0 Å². The minimum atomic E-state index is -3.64. The zero-order chi connectivity index (χ0) is 14.2. The first-order chi connectivity index (χ1) is 8.41. The fraction of sp³-hybridized carbons (Fsp3) is 0.727. The molecule has 0 aromatic heterocycles. The Kier molecular flexibility index (Phi) is 7.58. The van der Waals surface area contributed by atoms with Crippen LogP contribution in [-0.4, -0.2) is 20.1 Å². The standard InChI is InChI=1S/C11H20FNO4S/c1-4-7-8-18(15,16)13-10(11(14)17-12)9(5-2)6-3/h13H,4-8H2,1-3H3. The van der Waals surface area contributed by atoms with Crippen molar-refractivity contribution in [3.63, 3.8) is 0 Å². The largest absolute Gasteiger partial charge is 0.396 e. The summed E-state index contributed by atoms with van der Waals surface area (Å²) in [5.41, 5.74) is 0.205. The minimum absolute atomic E-state index is 0.104. The third-order valence-electron chi connectivity index (χ3n) is 2.51. The summed E-state index contributed by atoms with van der Waals surface area (Å²) in [5, 5.41) is 0. The van der Waals surface area contributed by atoms with Gasteiger partial charge in [0.05, 0.1) is 5.75 Å². The van der Waals surface area contributed by atoms with E-state index in [-0.39, 0.29) is 11.4 Å². The molecule has 0 saturated heterocycles. The summed E-state index contributed by atoms with van der Waals surface area (Å²) in [6.07, 6.45) is 2.07. The summed E-state index contributed by atoms with van der Waals surface area (Å²) in [4.78, 5) is 14.4. The van der Waals surface area contributed by atoms with Crippen molar-refractivity contribution < 1.29 is 22.7 Å². The van der Waals surface area contributed by atoms with Crippen LogP contribution in [0.3, 0.4) is 0 Å². The van der Waals surface area contributed by atoms with Gasteiger partial charge in [-0.25, -0.2) is 18.2 Å². The van der Waals surface area contributed by atoms with Gasteiger partial charge >= 0.3 is 5.97 Å². The summed E-state index contributed by atoms with van der Waals surface area (Å²) >= 11 is 0. The molecule has 0 spiro atoms. The lowest BCUT2D eigenvalue weighted by molar-refractivity contribution is -0.178. The highest BCUT2D eigenvalue weighted by molar-refractivity contribution is 7.89. The fourth-order valence-electron chi connectivity index (χ4n) is 1.44. The molecule has 0 rings (SSSR count). The zero-order valence-electron chi connectivity index (χ0n) is 11.0. The van der Waals surface area contributed by atoms with Gasteiger partial charge in [0.15, 0.2) is 0 Å². The molecule has 0 amide bonds. The van der Waals surface area contributed by atoms with Crippen LogP contribution in [0.25, 0.3) is 0 Å². The van der Waals surface area contributed by atoms with Crippen molar-refractivity contribution in [1.29, 1.82) is 0 Å². The molecule has 0 bridgehead atoms. The summed E-state index contributed by atoms with van der Waals surface area (Å²) in [5.74, 6) is -1.40. The van der Waals surface area contributed by atoms with Gasteiger partial charge in [0.25, 0.3) is 0 Å². The van der Waals surface area contributed by atoms with Crippen LogP contribution in [0.15, 0.2) is 11.3 Å². The smallest absolute Gasteiger partial charge is 0.277 e. The SMILES string of the molecule is CCCCS(=O)(=O)NC(C(=O)OF)=C(CC)CC. The summed E-state index contributed by atoms with van der Waals surface area (Å²) in [6, 6.07) is 0. The van der Waals surface area contributed by atoms with Crippen molar-refractivity contribution in [2.45, 2.75) is 46.5 Å². The van der Waals surface area contributed by atoms with E-state index in [2.05, 4.69) is 9.66 Å². The number of rotatable bonds is 8. The Hall–Kier alpha value is -1.11. The Labute approximate surface area is 107 Å². The fourth-order valence-corrected chi connectivity index (χ4v) is 2.75. The molecule has 0 saturated carbocycles. The maximum absolute atomic E-state index is 12.0. The van der Waals surface area contributed by atoms with E-state index >= 15 is 0 Å². The highest BCUT2D eigenvalue weighted by atomic mass is 32.2. The molecule has 0 fully saturated rings. The van der Waals surface area contributed by atoms with Crippen LogP contribution >= 0.6 is 0 Å². The van der Waals surface area contributed by atoms with Crippen molar-refractivity contribution in [3.8, 4) is 0 Å². The lowest BCUT2D eigenvalue weighted by Crippen LogP contribution is -2.31. The number of hydrogen-bond donors (Lipinski definition) is 1. The number of carbonyl (C=O) groups is 1. The van der Waals surface area contributed by atoms with E-state index in [0.29, 0.717) is 31.3 Å². The van der Waals surface area contributed by atoms with Crippen molar-refractivity contribution in [2.75, 3.05) is 5.75 Å². The van der Waals surface area contributed by atoms with Crippen molar-refractivity contribution >= 4 is 16.0 Å². The molecule has 0 aromatic rings. The van der Waals surface area contributed by atoms with Gasteiger partial charge in [-0.3, -0.25) is 4.72 Å². The van der Waals surface area contributed by atoms with Crippen molar-refractivity contribution in [3.05, 3.63) is 11.3 Å². The van der Waals surface area contributed by atoms with E-state index in [1.807, 2.05) is 6.92 Å². The van der Waals surface area contributed by atoms with E-state index in [9.17, 15) is 17.7 Å². The number of nitrogens with one attached hydrogen (secondary N) is 1. The second-order valence-corrected chi connectivity index (χ2v) is 5.67. The average molecular weight is 281 g/mol. The van der Waals surface area contributed by atoms with Crippen molar-refractivity contribution in [1.82, 2.24) is 4.72 Å². The van der Waals surface area contributed by atoms with Gasteiger partial charge in [-0.05, 0) is 24.8 Å². The average Bonchev–Trinajstić information content (AvgIpc) is 2.35. The summed E-state index contributed by atoms with van der Waals surface area (Å²) in [6.45, 7) is 5.36. The Morgan fingerprint density at radius 1 is 1.22 bits per heavy atom. The van der Waals surface area contributed by atoms with Gasteiger partial charge in [-0.1, -0.05) is 27.2 Å². The summed E-state index contributed by atoms with van der Waals surface area (Å²) < 4.78 is 37.5. The molecule has 0 aliphatic carbocycles. The first-order valence-corrected chi connectivity index (χ1v) is 7.62. The Morgan fingerprint density at radius 2 is 1.78 bits per heavy atom. The molecule has 0 aliphatic rings. The topological polar surface area (TPSA) is 72.5 Å². The Morgan fingerprint density at radius 3 is 2.17 bits per heavy atom. The van der Waals surface area contributed by atoms with Crippen LogP contribution < -0.4 is 4.72 Å². The summed E-state index contributed by atoms with van der Waals surface area (Å²) in [7, 11) is -3.64. The Bertz CT molecular complexity index is 397. The quantitative estimate of drug-likeness (QED) is 0.692. The Balaban J connectivity index is 5.14. The molecule has 7 heteroatoms.